The molecule has 1 aliphatic rings. The van der Waals surface area contributed by atoms with Crippen molar-refractivity contribution in [3.63, 3.8) is 0 Å². The van der Waals surface area contributed by atoms with Gasteiger partial charge in [0.2, 0.25) is 0 Å². The van der Waals surface area contributed by atoms with Gasteiger partial charge in [-0.25, -0.2) is 0 Å². The van der Waals surface area contributed by atoms with E-state index < -0.39 is 0 Å². The zero-order valence-corrected chi connectivity index (χ0v) is 10.2. The van der Waals surface area contributed by atoms with E-state index in [1.807, 2.05) is 11.7 Å². The predicted molar refractivity (Wildman–Crippen MR) is 65.0 cm³/mol. The van der Waals surface area contributed by atoms with Crippen LogP contribution in [0.25, 0.3) is 0 Å². The van der Waals surface area contributed by atoms with Crippen molar-refractivity contribution in [2.45, 2.75) is 25.8 Å². The second-order valence-electron chi connectivity index (χ2n) is 4.22. The highest BCUT2D eigenvalue weighted by Crippen LogP contribution is 2.30. The van der Waals surface area contributed by atoms with Crippen LogP contribution in [0.15, 0.2) is 0 Å². The standard InChI is InChI=1S/C11H20N4O/c1-4-5-9-10-11(15(2)14-9)13-8(6-12-10)7-16-3/h8,12-13H,4-7H2,1-3H3. The van der Waals surface area contributed by atoms with Crippen LogP contribution >= 0.6 is 0 Å². The van der Waals surface area contributed by atoms with Gasteiger partial charge in [0.1, 0.15) is 11.5 Å². The summed E-state index contributed by atoms with van der Waals surface area (Å²) in [5, 5.41) is 11.4. The number of rotatable bonds is 4. The van der Waals surface area contributed by atoms with Gasteiger partial charge in [-0.1, -0.05) is 13.3 Å². The smallest absolute Gasteiger partial charge is 0.148 e. The number of methoxy groups -OCH3 is 1. The summed E-state index contributed by atoms with van der Waals surface area (Å²) in [5.74, 6) is 1.08. The summed E-state index contributed by atoms with van der Waals surface area (Å²) in [6, 6.07) is 0.322. The summed E-state index contributed by atoms with van der Waals surface area (Å²) in [6.45, 7) is 3.77. The summed E-state index contributed by atoms with van der Waals surface area (Å²) in [4.78, 5) is 0. The third kappa shape index (κ3) is 2.00. The van der Waals surface area contributed by atoms with E-state index in [0.717, 1.165) is 36.6 Å². The van der Waals surface area contributed by atoms with E-state index >= 15 is 0 Å². The molecule has 1 aromatic heterocycles. The van der Waals surface area contributed by atoms with E-state index in [4.69, 9.17) is 4.74 Å². The van der Waals surface area contributed by atoms with Crippen LogP contribution in [-0.2, 0) is 18.2 Å². The molecule has 16 heavy (non-hydrogen) atoms. The molecule has 0 aromatic carbocycles. The lowest BCUT2D eigenvalue weighted by molar-refractivity contribution is 0.188. The van der Waals surface area contributed by atoms with Crippen molar-refractivity contribution in [3.8, 4) is 0 Å². The van der Waals surface area contributed by atoms with E-state index in [1.165, 1.54) is 0 Å². The van der Waals surface area contributed by atoms with E-state index in [0.29, 0.717) is 12.6 Å². The van der Waals surface area contributed by atoms with Gasteiger partial charge in [-0.2, -0.15) is 5.10 Å². The number of fused-ring (bicyclic) bond motifs is 1. The largest absolute Gasteiger partial charge is 0.382 e. The minimum atomic E-state index is 0.322. The van der Waals surface area contributed by atoms with Gasteiger partial charge in [0.05, 0.1) is 18.3 Å². The molecule has 1 unspecified atom stereocenters. The van der Waals surface area contributed by atoms with E-state index in [1.54, 1.807) is 7.11 Å². The fourth-order valence-corrected chi connectivity index (χ4v) is 2.11. The SMILES string of the molecule is CCCc1nn(C)c2c1NCC(COC)N2. The molecule has 2 rings (SSSR count). The molecule has 0 fully saturated rings. The average molecular weight is 224 g/mol. The minimum absolute atomic E-state index is 0.322. The Kier molecular flexibility index (Phi) is 3.33. The van der Waals surface area contributed by atoms with Gasteiger partial charge >= 0.3 is 0 Å². The lowest BCUT2D eigenvalue weighted by Crippen LogP contribution is -2.37. The summed E-state index contributed by atoms with van der Waals surface area (Å²) in [7, 11) is 3.70. The van der Waals surface area contributed by atoms with Gasteiger partial charge in [-0.15, -0.1) is 0 Å². The van der Waals surface area contributed by atoms with Crippen molar-refractivity contribution in [2.75, 3.05) is 30.9 Å². The fraction of sp³-hybridized carbons (Fsp3) is 0.727. The highest BCUT2D eigenvalue weighted by Gasteiger charge is 2.23. The number of hydrogen-bond donors (Lipinski definition) is 2. The van der Waals surface area contributed by atoms with Crippen molar-refractivity contribution >= 4 is 11.5 Å². The normalized spacial score (nSPS) is 18.8. The maximum atomic E-state index is 5.16. The van der Waals surface area contributed by atoms with Gasteiger partial charge < -0.3 is 15.4 Å². The molecule has 0 saturated carbocycles. The predicted octanol–water partition coefficient (Wildman–Crippen LogP) is 1.22. The molecular formula is C11H20N4O. The first-order valence-electron chi connectivity index (χ1n) is 5.81. The molecular weight excluding hydrogens is 204 g/mol. The van der Waals surface area contributed by atoms with Crippen molar-refractivity contribution in [1.29, 1.82) is 0 Å². The maximum Gasteiger partial charge on any atom is 0.148 e. The second-order valence-corrected chi connectivity index (χ2v) is 4.22. The van der Waals surface area contributed by atoms with Crippen LogP contribution in [0.3, 0.4) is 0 Å². The molecule has 0 aliphatic carbocycles. The Bertz CT molecular complexity index is 361. The van der Waals surface area contributed by atoms with Crippen LogP contribution in [-0.4, -0.2) is 36.1 Å². The Morgan fingerprint density at radius 1 is 1.56 bits per heavy atom. The zero-order chi connectivity index (χ0) is 11.5. The molecule has 0 bridgehead atoms. The zero-order valence-electron chi connectivity index (χ0n) is 10.2. The molecule has 2 heterocycles. The molecule has 1 atom stereocenters. The van der Waals surface area contributed by atoms with Gasteiger partial charge in [-0.05, 0) is 6.42 Å². The fourth-order valence-electron chi connectivity index (χ4n) is 2.11. The summed E-state index contributed by atoms with van der Waals surface area (Å²) in [6.07, 6.45) is 2.14. The summed E-state index contributed by atoms with van der Waals surface area (Å²) in [5.41, 5.74) is 2.32. The molecule has 0 saturated heterocycles. The average Bonchev–Trinajstić information content (AvgIpc) is 2.57. The third-order valence-electron chi connectivity index (χ3n) is 2.84. The summed E-state index contributed by atoms with van der Waals surface area (Å²) < 4.78 is 7.07. The highest BCUT2D eigenvalue weighted by molar-refractivity contribution is 5.70. The number of hydrogen-bond acceptors (Lipinski definition) is 4. The van der Waals surface area contributed by atoms with E-state index in [-0.39, 0.29) is 0 Å². The quantitative estimate of drug-likeness (QED) is 0.807. The van der Waals surface area contributed by atoms with Crippen LogP contribution in [0.1, 0.15) is 19.0 Å². The molecule has 90 valence electrons. The van der Waals surface area contributed by atoms with Crippen molar-refractivity contribution in [3.05, 3.63) is 5.69 Å². The van der Waals surface area contributed by atoms with Crippen molar-refractivity contribution < 1.29 is 4.74 Å². The van der Waals surface area contributed by atoms with Gasteiger partial charge in [-0.3, -0.25) is 4.68 Å². The maximum absolute atomic E-state index is 5.16. The minimum Gasteiger partial charge on any atom is -0.382 e. The van der Waals surface area contributed by atoms with Gasteiger partial charge in [0.15, 0.2) is 0 Å². The van der Waals surface area contributed by atoms with Crippen LogP contribution in [0.5, 0.6) is 0 Å². The van der Waals surface area contributed by atoms with Crippen molar-refractivity contribution in [1.82, 2.24) is 9.78 Å². The second kappa shape index (κ2) is 4.74. The van der Waals surface area contributed by atoms with E-state index in [9.17, 15) is 0 Å². The number of ether oxygens (including phenoxy) is 1. The number of nitrogens with one attached hydrogen (secondary N) is 2. The van der Waals surface area contributed by atoms with Crippen LogP contribution < -0.4 is 10.6 Å². The van der Waals surface area contributed by atoms with Gasteiger partial charge in [0, 0.05) is 20.7 Å². The topological polar surface area (TPSA) is 51.1 Å². The molecule has 0 spiro atoms. The molecule has 1 aliphatic heterocycles. The number of nitrogens with zero attached hydrogens (tertiary/aromatic N) is 2. The first-order valence-corrected chi connectivity index (χ1v) is 5.81. The van der Waals surface area contributed by atoms with E-state index in [2.05, 4.69) is 22.7 Å². The van der Waals surface area contributed by atoms with Gasteiger partial charge in [0.25, 0.3) is 0 Å². The van der Waals surface area contributed by atoms with Crippen LogP contribution in [0.2, 0.25) is 0 Å². The lowest BCUT2D eigenvalue weighted by atomic mass is 10.1. The summed E-state index contributed by atoms with van der Waals surface area (Å²) >= 11 is 0. The Balaban J connectivity index is 2.18. The number of aryl methyl sites for hydroxylation is 2. The Morgan fingerprint density at radius 2 is 2.38 bits per heavy atom. The Labute approximate surface area is 96.2 Å². The monoisotopic (exact) mass is 224 g/mol. The molecule has 5 heteroatoms. The molecule has 0 amide bonds. The number of anilines is 2. The highest BCUT2D eigenvalue weighted by atomic mass is 16.5. The first kappa shape index (κ1) is 11.3. The Morgan fingerprint density at radius 3 is 3.06 bits per heavy atom. The van der Waals surface area contributed by atoms with Crippen LogP contribution in [0, 0.1) is 0 Å². The third-order valence-corrected chi connectivity index (χ3v) is 2.84. The lowest BCUT2D eigenvalue weighted by Gasteiger charge is -2.26. The molecule has 1 aromatic rings. The Hall–Kier alpha value is -1.23. The number of aromatic nitrogens is 2. The molecule has 5 nitrogen and oxygen atoms in total. The van der Waals surface area contributed by atoms with Crippen LogP contribution in [0.4, 0.5) is 11.5 Å². The molecule has 2 N–H and O–H groups in total. The van der Waals surface area contributed by atoms with Crippen molar-refractivity contribution in [2.24, 2.45) is 7.05 Å². The molecule has 0 radical (unpaired) electrons. The first-order chi connectivity index (χ1) is 7.76.